The van der Waals surface area contributed by atoms with E-state index in [-0.39, 0.29) is 0 Å². The Labute approximate surface area is 182 Å². The van der Waals surface area contributed by atoms with Crippen LogP contribution in [0.5, 0.6) is 17.2 Å². The van der Waals surface area contributed by atoms with E-state index in [1.54, 1.807) is 57.7 Å². The fraction of sp³-hybridized carbons (Fsp3) is 0.174. The summed E-state index contributed by atoms with van der Waals surface area (Å²) in [5.74, 6) is 0.164. The van der Waals surface area contributed by atoms with E-state index in [1.807, 2.05) is 17.1 Å². The Hall–Kier alpha value is -4.14. The monoisotopic (exact) mass is 440 g/mol. The fourth-order valence-corrected chi connectivity index (χ4v) is 3.00. The van der Waals surface area contributed by atoms with Crippen LogP contribution in [0, 0.1) is 5.82 Å². The third-order valence-electron chi connectivity index (χ3n) is 4.71. The molecule has 0 radical (unpaired) electrons. The average molecular weight is 440 g/mol. The van der Waals surface area contributed by atoms with Crippen LogP contribution in [0.15, 0.2) is 52.2 Å². The maximum absolute atomic E-state index is 13.4. The fourth-order valence-electron chi connectivity index (χ4n) is 3.00. The van der Waals surface area contributed by atoms with Crippen molar-refractivity contribution in [2.75, 3.05) is 21.3 Å². The lowest BCUT2D eigenvalue weighted by molar-refractivity contribution is 0.0970. The minimum Gasteiger partial charge on any atom is -0.496 e. The molecule has 1 aromatic heterocycles. The molecule has 0 aliphatic carbocycles. The summed E-state index contributed by atoms with van der Waals surface area (Å²) in [5.41, 5.74) is -0.0612. The Balaban J connectivity index is 1.78. The lowest BCUT2D eigenvalue weighted by atomic mass is 10.1. The first-order valence-electron chi connectivity index (χ1n) is 9.47. The zero-order valence-corrected chi connectivity index (χ0v) is 17.7. The number of carbonyl (C=O) groups excluding carboxylic acids is 1. The number of aromatic amines is 1. The van der Waals surface area contributed by atoms with Crippen LogP contribution in [-0.4, -0.2) is 36.7 Å². The molecule has 1 N–H and O–H groups in total. The van der Waals surface area contributed by atoms with Gasteiger partial charge in [0.05, 0.1) is 34.1 Å². The van der Waals surface area contributed by atoms with E-state index in [2.05, 4.69) is 0 Å². The number of hydrogen-bond donors (Lipinski definition) is 1. The van der Waals surface area contributed by atoms with Crippen molar-refractivity contribution in [3.8, 4) is 17.2 Å². The number of ether oxygens (including phenoxy) is 3. The summed E-state index contributed by atoms with van der Waals surface area (Å²) in [7, 11) is 4.64. The second kappa shape index (κ2) is 9.78. The Kier molecular flexibility index (Phi) is 6.89. The van der Waals surface area contributed by atoms with Crippen LogP contribution in [0.2, 0.25) is 0 Å². The van der Waals surface area contributed by atoms with Gasteiger partial charge in [0.25, 0.3) is 5.56 Å². The number of nitrogens with one attached hydrogen (secondary N) is 1. The number of aromatic nitrogens is 2. The van der Waals surface area contributed by atoms with Gasteiger partial charge in [0.1, 0.15) is 5.75 Å². The van der Waals surface area contributed by atoms with Crippen molar-refractivity contribution < 1.29 is 23.4 Å². The molecule has 0 unspecified atom stereocenters. The number of nitrogens with zero attached hydrogens (tertiary/aromatic N) is 1. The number of Topliss-reactive ketones (excluding diaryl/α,β-unsaturated/α-hetero) is 1. The van der Waals surface area contributed by atoms with Gasteiger partial charge in [0, 0.05) is 17.2 Å². The van der Waals surface area contributed by atoms with Crippen LogP contribution in [-0.2, 0) is 6.54 Å². The highest BCUT2D eigenvalue weighted by atomic mass is 19.1. The number of methoxy groups -OCH3 is 3. The highest BCUT2D eigenvalue weighted by Gasteiger charge is 2.11. The molecule has 9 heteroatoms. The molecule has 32 heavy (non-hydrogen) atoms. The van der Waals surface area contributed by atoms with Crippen molar-refractivity contribution >= 4 is 17.9 Å². The summed E-state index contributed by atoms with van der Waals surface area (Å²) in [4.78, 5) is 37.1. The van der Waals surface area contributed by atoms with Crippen molar-refractivity contribution in [1.82, 2.24) is 9.55 Å². The zero-order chi connectivity index (χ0) is 23.3. The summed E-state index contributed by atoms with van der Waals surface area (Å²) in [6, 6.07) is 10.2. The maximum Gasteiger partial charge on any atom is 0.328 e. The molecule has 0 bridgehead atoms. The minimum atomic E-state index is -1.14. The standard InChI is InChI=1S/C23H21FN2O6/c1-30-19-11-21(32-3)20(31-2)10-16(19)9-6-14-4-7-15(8-5-14)18(27)13-26-12-17(24)22(28)25-23(26)29/h4-12H,13H2,1-3H3,(H,25,28,29)/b9-6+. The Morgan fingerprint density at radius 1 is 0.969 bits per heavy atom. The molecule has 166 valence electrons. The van der Waals surface area contributed by atoms with Gasteiger partial charge >= 0.3 is 5.69 Å². The minimum absolute atomic E-state index is 0.337. The van der Waals surface area contributed by atoms with Crippen LogP contribution in [0.25, 0.3) is 12.2 Å². The predicted octanol–water partition coefficient (Wildman–Crippen LogP) is 2.75. The molecule has 8 nitrogen and oxygen atoms in total. The molecule has 0 spiro atoms. The summed E-state index contributed by atoms with van der Waals surface area (Å²) < 4.78 is 30.2. The first-order chi connectivity index (χ1) is 15.4. The predicted molar refractivity (Wildman–Crippen MR) is 117 cm³/mol. The lowest BCUT2D eigenvalue weighted by Gasteiger charge is -2.12. The number of rotatable bonds is 8. The normalized spacial score (nSPS) is 10.9. The molecule has 0 aliphatic heterocycles. The third kappa shape index (κ3) is 4.94. The largest absolute Gasteiger partial charge is 0.496 e. The number of benzene rings is 2. The molecular weight excluding hydrogens is 419 g/mol. The smallest absolute Gasteiger partial charge is 0.328 e. The summed E-state index contributed by atoms with van der Waals surface area (Å²) in [5, 5.41) is 0. The van der Waals surface area contributed by atoms with E-state index >= 15 is 0 Å². The third-order valence-corrected chi connectivity index (χ3v) is 4.71. The van der Waals surface area contributed by atoms with Crippen molar-refractivity contribution in [2.24, 2.45) is 0 Å². The SMILES string of the molecule is COc1cc(OC)c(OC)cc1/C=C/c1ccc(C(=O)Cn2cc(F)c(=O)[nH]c2=O)cc1. The summed E-state index contributed by atoms with van der Waals surface area (Å²) in [6.45, 7) is -0.398. The quantitative estimate of drug-likeness (QED) is 0.427. The molecule has 0 fully saturated rings. The van der Waals surface area contributed by atoms with Gasteiger partial charge in [-0.25, -0.2) is 4.79 Å². The molecule has 0 aliphatic rings. The van der Waals surface area contributed by atoms with Crippen molar-refractivity contribution in [3.05, 3.63) is 85.9 Å². The molecule has 0 amide bonds. The molecule has 0 atom stereocenters. The Morgan fingerprint density at radius 2 is 1.59 bits per heavy atom. The molecule has 3 aromatic rings. The highest BCUT2D eigenvalue weighted by molar-refractivity contribution is 5.96. The Morgan fingerprint density at radius 3 is 2.22 bits per heavy atom. The van der Waals surface area contributed by atoms with Gasteiger partial charge in [-0.05, 0) is 11.6 Å². The first-order valence-corrected chi connectivity index (χ1v) is 9.47. The van der Waals surface area contributed by atoms with Crippen LogP contribution in [0.3, 0.4) is 0 Å². The molecule has 3 rings (SSSR count). The molecule has 1 heterocycles. The second-order valence-corrected chi connectivity index (χ2v) is 6.69. The van der Waals surface area contributed by atoms with Crippen molar-refractivity contribution in [1.29, 1.82) is 0 Å². The van der Waals surface area contributed by atoms with Gasteiger partial charge < -0.3 is 14.2 Å². The van der Waals surface area contributed by atoms with Gasteiger partial charge in [0.2, 0.25) is 5.82 Å². The molecule has 2 aromatic carbocycles. The number of ketones is 1. The average Bonchev–Trinajstić information content (AvgIpc) is 2.80. The number of halogens is 1. The van der Waals surface area contributed by atoms with E-state index in [1.165, 1.54) is 0 Å². The number of hydrogen-bond acceptors (Lipinski definition) is 6. The Bertz CT molecular complexity index is 1280. The summed E-state index contributed by atoms with van der Waals surface area (Å²) in [6.07, 6.45) is 4.38. The van der Waals surface area contributed by atoms with Gasteiger partial charge in [-0.2, -0.15) is 4.39 Å². The van der Waals surface area contributed by atoms with Crippen molar-refractivity contribution in [3.63, 3.8) is 0 Å². The van der Waals surface area contributed by atoms with E-state index in [4.69, 9.17) is 14.2 Å². The number of H-pyrrole nitrogens is 1. The van der Waals surface area contributed by atoms with Crippen LogP contribution in [0.1, 0.15) is 21.5 Å². The topological polar surface area (TPSA) is 99.6 Å². The van der Waals surface area contributed by atoms with Gasteiger partial charge in [0.15, 0.2) is 17.3 Å². The van der Waals surface area contributed by atoms with E-state index in [0.29, 0.717) is 29.0 Å². The first kappa shape index (κ1) is 22.5. The van der Waals surface area contributed by atoms with E-state index in [0.717, 1.165) is 15.7 Å². The zero-order valence-electron chi connectivity index (χ0n) is 17.7. The highest BCUT2D eigenvalue weighted by Crippen LogP contribution is 2.35. The maximum atomic E-state index is 13.4. The molecule has 0 saturated carbocycles. The van der Waals surface area contributed by atoms with Crippen LogP contribution >= 0.6 is 0 Å². The van der Waals surface area contributed by atoms with Crippen LogP contribution < -0.4 is 25.5 Å². The number of carbonyl (C=O) groups is 1. The lowest BCUT2D eigenvalue weighted by Crippen LogP contribution is -2.33. The van der Waals surface area contributed by atoms with E-state index < -0.39 is 29.4 Å². The molecular formula is C23H21FN2O6. The van der Waals surface area contributed by atoms with Gasteiger partial charge in [-0.1, -0.05) is 36.4 Å². The summed E-state index contributed by atoms with van der Waals surface area (Å²) >= 11 is 0. The van der Waals surface area contributed by atoms with Gasteiger partial charge in [-0.3, -0.25) is 19.1 Å². The van der Waals surface area contributed by atoms with Crippen LogP contribution in [0.4, 0.5) is 4.39 Å². The van der Waals surface area contributed by atoms with E-state index in [9.17, 15) is 18.8 Å². The second-order valence-electron chi connectivity index (χ2n) is 6.69. The van der Waals surface area contributed by atoms with Gasteiger partial charge in [-0.15, -0.1) is 0 Å². The van der Waals surface area contributed by atoms with Crippen molar-refractivity contribution in [2.45, 2.75) is 6.54 Å². The molecule has 0 saturated heterocycles.